The Balaban J connectivity index is 1.86. The van der Waals surface area contributed by atoms with Gasteiger partial charge in [-0.15, -0.1) is 0 Å². The molecule has 0 aliphatic heterocycles. The quantitative estimate of drug-likeness (QED) is 0.659. The minimum Gasteiger partial charge on any atom is -0.330 e. The highest BCUT2D eigenvalue weighted by Crippen LogP contribution is 2.62. The molecule has 1 nitrogen and oxygen atoms in total. The molecule has 2 fully saturated rings. The Morgan fingerprint density at radius 2 is 1.91 bits per heavy atom. The molecule has 0 aromatic heterocycles. The van der Waals surface area contributed by atoms with Crippen molar-refractivity contribution in [3.63, 3.8) is 0 Å². The number of hydrogen-bond donors (Lipinski definition) is 1. The Morgan fingerprint density at radius 3 is 2.27 bits per heavy atom. The monoisotopic (exact) mass is 153 g/mol. The van der Waals surface area contributed by atoms with Crippen LogP contribution in [0.1, 0.15) is 33.1 Å². The molecule has 0 bridgehead atoms. The van der Waals surface area contributed by atoms with Crippen molar-refractivity contribution in [2.24, 2.45) is 28.9 Å². The molecule has 2 rings (SSSR count). The van der Waals surface area contributed by atoms with Gasteiger partial charge in [-0.05, 0) is 36.1 Å². The van der Waals surface area contributed by atoms with Crippen LogP contribution in [-0.4, -0.2) is 6.54 Å². The van der Waals surface area contributed by atoms with Crippen LogP contribution in [0.4, 0.5) is 0 Å². The molecule has 1 heteroatoms. The van der Waals surface area contributed by atoms with Crippen molar-refractivity contribution in [3.8, 4) is 0 Å². The summed E-state index contributed by atoms with van der Waals surface area (Å²) >= 11 is 0. The lowest BCUT2D eigenvalue weighted by atomic mass is 10.1. The average molecular weight is 153 g/mol. The van der Waals surface area contributed by atoms with E-state index < -0.39 is 0 Å². The predicted molar refractivity (Wildman–Crippen MR) is 47.2 cm³/mol. The van der Waals surface area contributed by atoms with Crippen LogP contribution >= 0.6 is 0 Å². The summed E-state index contributed by atoms with van der Waals surface area (Å²) in [6.45, 7) is 5.65. The van der Waals surface area contributed by atoms with E-state index in [1.54, 1.807) is 0 Å². The Hall–Kier alpha value is -0.0400. The van der Waals surface area contributed by atoms with Gasteiger partial charge in [0, 0.05) is 0 Å². The van der Waals surface area contributed by atoms with E-state index in [0.717, 1.165) is 24.3 Å². The fourth-order valence-electron chi connectivity index (χ4n) is 2.51. The second-order valence-electron chi connectivity index (χ2n) is 4.95. The van der Waals surface area contributed by atoms with E-state index in [1.165, 1.54) is 19.3 Å². The Kier molecular flexibility index (Phi) is 1.54. The fraction of sp³-hybridized carbons (Fsp3) is 1.00. The summed E-state index contributed by atoms with van der Waals surface area (Å²) in [5.74, 6) is 2.87. The molecule has 0 unspecified atom stereocenters. The lowest BCUT2D eigenvalue weighted by Crippen LogP contribution is -2.05. The summed E-state index contributed by atoms with van der Waals surface area (Å²) in [6.07, 6.45) is 4.45. The SMILES string of the molecule is CC1(C)[C@@H](CN)[C@@H]1CC1CC1. The van der Waals surface area contributed by atoms with E-state index in [2.05, 4.69) is 13.8 Å². The lowest BCUT2D eigenvalue weighted by molar-refractivity contribution is 0.505. The van der Waals surface area contributed by atoms with Crippen LogP contribution in [0.15, 0.2) is 0 Å². The Bertz CT molecular complexity index is 158. The number of nitrogens with two attached hydrogens (primary N) is 1. The molecule has 2 aliphatic rings. The van der Waals surface area contributed by atoms with Gasteiger partial charge in [-0.3, -0.25) is 0 Å². The summed E-state index contributed by atoms with van der Waals surface area (Å²) < 4.78 is 0. The third-order valence-corrected chi connectivity index (χ3v) is 3.83. The zero-order valence-corrected chi connectivity index (χ0v) is 7.64. The largest absolute Gasteiger partial charge is 0.330 e. The fourth-order valence-corrected chi connectivity index (χ4v) is 2.51. The molecule has 0 aromatic carbocycles. The third kappa shape index (κ3) is 1.20. The molecule has 64 valence electrons. The van der Waals surface area contributed by atoms with E-state index in [-0.39, 0.29) is 0 Å². The maximum Gasteiger partial charge on any atom is -0.00408 e. The predicted octanol–water partition coefficient (Wildman–Crippen LogP) is 2.02. The van der Waals surface area contributed by atoms with Gasteiger partial charge in [-0.25, -0.2) is 0 Å². The molecule has 11 heavy (non-hydrogen) atoms. The van der Waals surface area contributed by atoms with Gasteiger partial charge < -0.3 is 5.73 Å². The van der Waals surface area contributed by atoms with Crippen molar-refractivity contribution in [3.05, 3.63) is 0 Å². The van der Waals surface area contributed by atoms with Gasteiger partial charge in [-0.2, -0.15) is 0 Å². The van der Waals surface area contributed by atoms with Gasteiger partial charge >= 0.3 is 0 Å². The maximum absolute atomic E-state index is 5.70. The molecule has 2 atom stereocenters. The first-order valence-electron chi connectivity index (χ1n) is 4.86. The van der Waals surface area contributed by atoms with Gasteiger partial charge in [0.05, 0.1) is 0 Å². The van der Waals surface area contributed by atoms with Crippen molar-refractivity contribution >= 4 is 0 Å². The van der Waals surface area contributed by atoms with Crippen LogP contribution in [0.25, 0.3) is 0 Å². The smallest absolute Gasteiger partial charge is 0.00408 e. The second kappa shape index (κ2) is 2.22. The summed E-state index contributed by atoms with van der Waals surface area (Å²) in [4.78, 5) is 0. The van der Waals surface area contributed by atoms with Crippen LogP contribution in [-0.2, 0) is 0 Å². The first kappa shape index (κ1) is 7.60. The van der Waals surface area contributed by atoms with Crippen molar-refractivity contribution in [2.75, 3.05) is 6.54 Å². The van der Waals surface area contributed by atoms with Crippen LogP contribution in [0.2, 0.25) is 0 Å². The van der Waals surface area contributed by atoms with Crippen LogP contribution in [0.3, 0.4) is 0 Å². The molecular formula is C10H19N. The minimum atomic E-state index is 0.581. The standard InChI is InChI=1S/C10H19N/c1-10(2)8(9(10)6-11)5-7-3-4-7/h7-9H,3-6,11H2,1-2H3/t8-,9-/m0/s1. The molecule has 0 radical (unpaired) electrons. The summed E-state index contributed by atoms with van der Waals surface area (Å²) in [6, 6.07) is 0. The van der Waals surface area contributed by atoms with E-state index in [1.807, 2.05) is 0 Å². The minimum absolute atomic E-state index is 0.581. The summed E-state index contributed by atoms with van der Waals surface area (Å²) in [5, 5.41) is 0. The van der Waals surface area contributed by atoms with Crippen LogP contribution < -0.4 is 5.73 Å². The molecule has 0 saturated heterocycles. The molecular weight excluding hydrogens is 134 g/mol. The van der Waals surface area contributed by atoms with Crippen molar-refractivity contribution in [1.29, 1.82) is 0 Å². The molecule has 0 amide bonds. The molecule has 2 aliphatic carbocycles. The van der Waals surface area contributed by atoms with Crippen LogP contribution in [0, 0.1) is 23.2 Å². The Labute approximate surface area is 69.4 Å². The van der Waals surface area contributed by atoms with Crippen molar-refractivity contribution in [1.82, 2.24) is 0 Å². The zero-order valence-electron chi connectivity index (χ0n) is 7.64. The maximum atomic E-state index is 5.70. The highest BCUT2D eigenvalue weighted by molar-refractivity contribution is 5.06. The molecule has 2 saturated carbocycles. The highest BCUT2D eigenvalue weighted by Gasteiger charge is 2.57. The number of rotatable bonds is 3. The number of hydrogen-bond acceptors (Lipinski definition) is 1. The Morgan fingerprint density at radius 1 is 1.27 bits per heavy atom. The van der Waals surface area contributed by atoms with E-state index >= 15 is 0 Å². The van der Waals surface area contributed by atoms with Crippen LogP contribution in [0.5, 0.6) is 0 Å². The second-order valence-corrected chi connectivity index (χ2v) is 4.95. The van der Waals surface area contributed by atoms with Gasteiger partial charge in [0.15, 0.2) is 0 Å². The lowest BCUT2D eigenvalue weighted by Gasteiger charge is -1.99. The molecule has 0 spiro atoms. The summed E-state index contributed by atoms with van der Waals surface area (Å²) in [5.41, 5.74) is 6.28. The van der Waals surface area contributed by atoms with Gasteiger partial charge in [0.1, 0.15) is 0 Å². The van der Waals surface area contributed by atoms with E-state index in [9.17, 15) is 0 Å². The topological polar surface area (TPSA) is 26.0 Å². The van der Waals surface area contributed by atoms with E-state index in [4.69, 9.17) is 5.73 Å². The van der Waals surface area contributed by atoms with Gasteiger partial charge in [0.25, 0.3) is 0 Å². The van der Waals surface area contributed by atoms with Crippen molar-refractivity contribution in [2.45, 2.75) is 33.1 Å². The van der Waals surface area contributed by atoms with Crippen molar-refractivity contribution < 1.29 is 0 Å². The summed E-state index contributed by atoms with van der Waals surface area (Å²) in [7, 11) is 0. The van der Waals surface area contributed by atoms with E-state index in [0.29, 0.717) is 5.41 Å². The normalized spacial score (nSPS) is 40.6. The van der Waals surface area contributed by atoms with Gasteiger partial charge in [-0.1, -0.05) is 26.7 Å². The molecule has 2 N–H and O–H groups in total. The van der Waals surface area contributed by atoms with Gasteiger partial charge in [0.2, 0.25) is 0 Å². The molecule has 0 heterocycles. The first-order valence-corrected chi connectivity index (χ1v) is 4.86. The third-order valence-electron chi connectivity index (χ3n) is 3.83. The first-order chi connectivity index (χ1) is 5.16. The highest BCUT2D eigenvalue weighted by atomic mass is 14.7. The zero-order chi connectivity index (χ0) is 8.06. The molecule has 0 aromatic rings. The average Bonchev–Trinajstić information content (AvgIpc) is 2.77.